The molecule has 4 rings (SSSR count). The lowest BCUT2D eigenvalue weighted by Gasteiger charge is -2.14. The Morgan fingerprint density at radius 1 is 0.964 bits per heavy atom. The molecule has 0 fully saturated rings. The zero-order valence-corrected chi connectivity index (χ0v) is 15.0. The number of hydrogen-bond acceptors (Lipinski definition) is 4. The number of nitrogen functional groups attached to an aromatic ring is 1. The number of rotatable bonds is 5. The molecule has 28 heavy (non-hydrogen) atoms. The van der Waals surface area contributed by atoms with Gasteiger partial charge in [-0.2, -0.15) is 0 Å². The van der Waals surface area contributed by atoms with Crippen LogP contribution in [0.1, 0.15) is 16.1 Å². The van der Waals surface area contributed by atoms with E-state index in [1.807, 2.05) is 72.8 Å². The standard InChI is InChI=1S/C23H18N2O3/c24-21-17(16-9-5-2-6-10-16)11-12-18-20(13-19(23(26)27)25-22(18)21)28-14-15-7-3-1-4-8-15/h1-13H,14,24H2,(H,26,27). The Bertz CT molecular complexity index is 1140. The van der Waals surface area contributed by atoms with E-state index >= 15 is 0 Å². The van der Waals surface area contributed by atoms with Crippen molar-refractivity contribution in [1.82, 2.24) is 4.98 Å². The molecule has 3 aromatic carbocycles. The number of anilines is 1. The highest BCUT2D eigenvalue weighted by atomic mass is 16.5. The van der Waals surface area contributed by atoms with Crippen molar-refractivity contribution in [1.29, 1.82) is 0 Å². The molecule has 0 bridgehead atoms. The summed E-state index contributed by atoms with van der Waals surface area (Å²) in [5.74, 6) is -0.687. The van der Waals surface area contributed by atoms with Crippen LogP contribution in [0.2, 0.25) is 0 Å². The number of nitrogens with two attached hydrogens (primary N) is 1. The summed E-state index contributed by atoms with van der Waals surface area (Å²) in [6.45, 7) is 0.319. The summed E-state index contributed by atoms with van der Waals surface area (Å²) in [6.07, 6.45) is 0. The van der Waals surface area contributed by atoms with Crippen LogP contribution in [0.3, 0.4) is 0 Å². The fraction of sp³-hybridized carbons (Fsp3) is 0.0435. The van der Waals surface area contributed by atoms with E-state index < -0.39 is 5.97 Å². The highest BCUT2D eigenvalue weighted by Gasteiger charge is 2.16. The number of fused-ring (bicyclic) bond motifs is 1. The molecule has 0 amide bonds. The summed E-state index contributed by atoms with van der Waals surface area (Å²) < 4.78 is 5.94. The molecule has 0 spiro atoms. The van der Waals surface area contributed by atoms with Crippen LogP contribution in [0.4, 0.5) is 5.69 Å². The van der Waals surface area contributed by atoms with E-state index in [0.29, 0.717) is 28.9 Å². The van der Waals surface area contributed by atoms with Crippen LogP contribution in [-0.4, -0.2) is 16.1 Å². The third kappa shape index (κ3) is 3.38. The minimum Gasteiger partial charge on any atom is -0.488 e. The number of aromatic nitrogens is 1. The van der Waals surface area contributed by atoms with Crippen LogP contribution in [0.25, 0.3) is 22.0 Å². The summed E-state index contributed by atoms with van der Waals surface area (Å²) in [4.78, 5) is 15.8. The number of benzene rings is 3. The zero-order chi connectivity index (χ0) is 19.5. The molecule has 0 radical (unpaired) electrons. The number of hydrogen-bond donors (Lipinski definition) is 2. The largest absolute Gasteiger partial charge is 0.488 e. The van der Waals surface area contributed by atoms with E-state index in [1.165, 1.54) is 6.07 Å². The van der Waals surface area contributed by atoms with E-state index in [2.05, 4.69) is 4.98 Å². The maximum atomic E-state index is 11.6. The first-order valence-corrected chi connectivity index (χ1v) is 8.82. The van der Waals surface area contributed by atoms with E-state index in [4.69, 9.17) is 10.5 Å². The minimum absolute atomic E-state index is 0.104. The Labute approximate surface area is 162 Å². The zero-order valence-electron chi connectivity index (χ0n) is 15.0. The van der Waals surface area contributed by atoms with Gasteiger partial charge in [-0.1, -0.05) is 66.7 Å². The van der Waals surface area contributed by atoms with Gasteiger partial charge in [-0.15, -0.1) is 0 Å². The maximum absolute atomic E-state index is 11.6. The van der Waals surface area contributed by atoms with Crippen molar-refractivity contribution in [2.75, 3.05) is 5.73 Å². The summed E-state index contributed by atoms with van der Waals surface area (Å²) in [6, 6.07) is 24.6. The van der Waals surface area contributed by atoms with Gasteiger partial charge in [-0.05, 0) is 17.2 Å². The van der Waals surface area contributed by atoms with E-state index in [1.54, 1.807) is 0 Å². The summed E-state index contributed by atoms with van der Waals surface area (Å²) in [7, 11) is 0. The van der Waals surface area contributed by atoms with Crippen LogP contribution in [0.5, 0.6) is 5.75 Å². The Morgan fingerprint density at radius 2 is 1.64 bits per heavy atom. The van der Waals surface area contributed by atoms with Crippen molar-refractivity contribution in [3.8, 4) is 16.9 Å². The Kier molecular flexibility index (Phi) is 4.64. The molecular formula is C23H18N2O3. The van der Waals surface area contributed by atoms with Crippen molar-refractivity contribution in [3.05, 3.63) is 90.1 Å². The fourth-order valence-corrected chi connectivity index (χ4v) is 3.12. The molecule has 0 unspecified atom stereocenters. The second kappa shape index (κ2) is 7.40. The smallest absolute Gasteiger partial charge is 0.354 e. The molecular weight excluding hydrogens is 352 g/mol. The Morgan fingerprint density at radius 3 is 2.32 bits per heavy atom. The first kappa shape index (κ1) is 17.5. The normalized spacial score (nSPS) is 10.7. The fourth-order valence-electron chi connectivity index (χ4n) is 3.12. The van der Waals surface area contributed by atoms with Crippen molar-refractivity contribution < 1.29 is 14.6 Å². The molecule has 5 nitrogen and oxygen atoms in total. The van der Waals surface area contributed by atoms with E-state index in [0.717, 1.165) is 16.7 Å². The quantitative estimate of drug-likeness (QED) is 0.495. The third-order valence-electron chi connectivity index (χ3n) is 4.52. The van der Waals surface area contributed by atoms with Gasteiger partial charge in [-0.25, -0.2) is 9.78 Å². The molecule has 1 aromatic heterocycles. The van der Waals surface area contributed by atoms with Crippen molar-refractivity contribution in [2.24, 2.45) is 0 Å². The van der Waals surface area contributed by atoms with Crippen molar-refractivity contribution >= 4 is 22.6 Å². The molecule has 0 aliphatic heterocycles. The molecule has 0 aliphatic rings. The average Bonchev–Trinajstić information content (AvgIpc) is 2.73. The summed E-state index contributed by atoms with van der Waals surface area (Å²) >= 11 is 0. The number of carboxylic acids is 1. The predicted octanol–water partition coefficient (Wildman–Crippen LogP) is 4.76. The monoisotopic (exact) mass is 370 g/mol. The summed E-state index contributed by atoms with van der Waals surface area (Å²) in [5.41, 5.74) is 9.86. The Hall–Kier alpha value is -3.86. The maximum Gasteiger partial charge on any atom is 0.354 e. The van der Waals surface area contributed by atoms with Crippen LogP contribution in [0, 0.1) is 0 Å². The molecule has 1 heterocycles. The second-order valence-electron chi connectivity index (χ2n) is 6.37. The van der Waals surface area contributed by atoms with Crippen LogP contribution in [0.15, 0.2) is 78.9 Å². The van der Waals surface area contributed by atoms with Gasteiger partial charge < -0.3 is 15.6 Å². The van der Waals surface area contributed by atoms with Crippen LogP contribution < -0.4 is 10.5 Å². The van der Waals surface area contributed by atoms with Gasteiger partial charge in [-0.3, -0.25) is 0 Å². The van der Waals surface area contributed by atoms with Crippen molar-refractivity contribution in [2.45, 2.75) is 6.61 Å². The highest BCUT2D eigenvalue weighted by molar-refractivity contribution is 6.02. The van der Waals surface area contributed by atoms with Gasteiger partial charge in [0.05, 0.1) is 11.2 Å². The minimum atomic E-state index is -1.13. The lowest BCUT2D eigenvalue weighted by atomic mass is 10.0. The van der Waals surface area contributed by atoms with Gasteiger partial charge in [0.25, 0.3) is 0 Å². The highest BCUT2D eigenvalue weighted by Crippen LogP contribution is 2.36. The molecule has 0 saturated carbocycles. The van der Waals surface area contributed by atoms with Gasteiger partial charge in [0, 0.05) is 17.0 Å². The van der Waals surface area contributed by atoms with Gasteiger partial charge in [0.1, 0.15) is 12.4 Å². The molecule has 4 aromatic rings. The molecule has 138 valence electrons. The lowest BCUT2D eigenvalue weighted by molar-refractivity contribution is 0.0690. The number of pyridine rings is 1. The first-order chi connectivity index (χ1) is 13.6. The van der Waals surface area contributed by atoms with E-state index in [-0.39, 0.29) is 5.69 Å². The topological polar surface area (TPSA) is 85.4 Å². The average molecular weight is 370 g/mol. The SMILES string of the molecule is Nc1c(-c2ccccc2)ccc2c(OCc3ccccc3)cc(C(=O)O)nc12. The molecule has 0 saturated heterocycles. The number of carboxylic acid groups (broad SMARTS) is 1. The van der Waals surface area contributed by atoms with E-state index in [9.17, 15) is 9.90 Å². The number of aromatic carboxylic acids is 1. The van der Waals surface area contributed by atoms with Gasteiger partial charge in [0.15, 0.2) is 5.69 Å². The number of ether oxygens (including phenoxy) is 1. The summed E-state index contributed by atoms with van der Waals surface area (Å²) in [5, 5.41) is 10.2. The van der Waals surface area contributed by atoms with Crippen LogP contribution in [-0.2, 0) is 6.61 Å². The van der Waals surface area contributed by atoms with Gasteiger partial charge >= 0.3 is 5.97 Å². The molecule has 0 atom stereocenters. The molecule has 5 heteroatoms. The first-order valence-electron chi connectivity index (χ1n) is 8.82. The predicted molar refractivity (Wildman–Crippen MR) is 109 cm³/mol. The lowest BCUT2D eigenvalue weighted by Crippen LogP contribution is -2.05. The number of carbonyl (C=O) groups is 1. The van der Waals surface area contributed by atoms with Crippen LogP contribution >= 0.6 is 0 Å². The third-order valence-corrected chi connectivity index (χ3v) is 4.52. The number of nitrogens with zero attached hydrogens (tertiary/aromatic N) is 1. The second-order valence-corrected chi connectivity index (χ2v) is 6.37. The Balaban J connectivity index is 1.83. The van der Waals surface area contributed by atoms with Crippen molar-refractivity contribution in [3.63, 3.8) is 0 Å². The molecule has 3 N–H and O–H groups in total. The van der Waals surface area contributed by atoms with Gasteiger partial charge in [0.2, 0.25) is 0 Å². The molecule has 0 aliphatic carbocycles.